The summed E-state index contributed by atoms with van der Waals surface area (Å²) < 4.78 is 77.7. The summed E-state index contributed by atoms with van der Waals surface area (Å²) in [6.45, 7) is 3.40. The van der Waals surface area contributed by atoms with Crippen LogP contribution < -0.4 is 0 Å². The number of aryl methyl sites for hydroxylation is 1. The molecule has 4 rings (SSSR count). The highest BCUT2D eigenvalue weighted by Crippen LogP contribution is 2.32. The molecule has 1 aliphatic heterocycles. The van der Waals surface area contributed by atoms with Gasteiger partial charge in [0.2, 0.25) is 0 Å². The van der Waals surface area contributed by atoms with Crippen molar-refractivity contribution in [2.24, 2.45) is 0 Å². The molecule has 0 bridgehead atoms. The van der Waals surface area contributed by atoms with Crippen molar-refractivity contribution >= 4 is 11.7 Å². The van der Waals surface area contributed by atoms with Crippen LogP contribution >= 0.6 is 0 Å². The summed E-state index contributed by atoms with van der Waals surface area (Å²) in [6, 6.07) is 3.86. The Morgan fingerprint density at radius 1 is 0.974 bits per heavy atom. The van der Waals surface area contributed by atoms with Gasteiger partial charge in [0, 0.05) is 43.5 Å². The van der Waals surface area contributed by atoms with Crippen LogP contribution in [0.1, 0.15) is 57.2 Å². The minimum absolute atomic E-state index is 0.000375. The van der Waals surface area contributed by atoms with E-state index in [4.69, 9.17) is 0 Å². The van der Waals surface area contributed by atoms with Crippen LogP contribution in [0, 0.1) is 13.8 Å². The van der Waals surface area contributed by atoms with E-state index >= 15 is 0 Å². The fraction of sp³-hybridized carbons (Fsp3) is 0.400. The van der Waals surface area contributed by atoms with Gasteiger partial charge in [-0.15, -0.1) is 0 Å². The van der Waals surface area contributed by atoms with Crippen molar-refractivity contribution in [3.05, 3.63) is 70.4 Å². The molecule has 4 heterocycles. The van der Waals surface area contributed by atoms with E-state index in [2.05, 4.69) is 15.1 Å². The third-order valence-corrected chi connectivity index (χ3v) is 6.55. The van der Waals surface area contributed by atoms with Gasteiger partial charge in [0.05, 0.1) is 23.0 Å². The highest BCUT2D eigenvalue weighted by atomic mass is 19.4. The quantitative estimate of drug-likeness (QED) is 0.337. The first-order valence-electron chi connectivity index (χ1n) is 11.7. The summed E-state index contributed by atoms with van der Waals surface area (Å²) in [5.74, 6) is -2.07. The largest absolute Gasteiger partial charge is 0.471 e. The fourth-order valence-corrected chi connectivity index (χ4v) is 4.58. The third kappa shape index (κ3) is 5.70. The van der Waals surface area contributed by atoms with Crippen molar-refractivity contribution in [2.45, 2.75) is 51.4 Å². The number of hydrogen-bond donors (Lipinski definition) is 0. The normalized spacial score (nSPS) is 15.1. The molecule has 1 amide bonds. The lowest BCUT2D eigenvalue weighted by Crippen LogP contribution is -2.45. The van der Waals surface area contributed by atoms with Crippen LogP contribution in [0.2, 0.25) is 0 Å². The Hall–Kier alpha value is -3.77. The van der Waals surface area contributed by atoms with Crippen LogP contribution in [0.5, 0.6) is 0 Å². The average Bonchev–Trinajstić information content (AvgIpc) is 3.24. The summed E-state index contributed by atoms with van der Waals surface area (Å²) in [5, 5.41) is 4.11. The molecule has 3 aromatic rings. The molecule has 1 fully saturated rings. The van der Waals surface area contributed by atoms with E-state index in [-0.39, 0.29) is 42.6 Å². The van der Waals surface area contributed by atoms with Crippen molar-refractivity contribution in [1.82, 2.24) is 24.6 Å². The number of aromatic nitrogens is 4. The first kappa shape index (κ1) is 27.3. The van der Waals surface area contributed by atoms with Gasteiger partial charge in [-0.2, -0.15) is 31.4 Å². The second-order valence-electron chi connectivity index (χ2n) is 9.17. The highest BCUT2D eigenvalue weighted by molar-refractivity contribution is 5.98. The minimum Gasteiger partial charge on any atom is -0.335 e. The van der Waals surface area contributed by atoms with Crippen LogP contribution in [-0.2, 0) is 17.4 Å². The zero-order valence-electron chi connectivity index (χ0n) is 20.4. The summed E-state index contributed by atoms with van der Waals surface area (Å²) in [5.41, 5.74) is 1.95. The summed E-state index contributed by atoms with van der Waals surface area (Å²) in [7, 11) is 0. The summed E-state index contributed by atoms with van der Waals surface area (Å²) in [4.78, 5) is 33.5. The first-order valence-corrected chi connectivity index (χ1v) is 11.7. The molecule has 1 saturated heterocycles. The molecule has 0 saturated carbocycles. The highest BCUT2D eigenvalue weighted by Gasteiger charge is 2.43. The number of ketones is 1. The average molecular weight is 539 g/mol. The van der Waals surface area contributed by atoms with Crippen LogP contribution in [0.4, 0.5) is 26.3 Å². The molecule has 0 aliphatic carbocycles. The molecule has 0 spiro atoms. The lowest BCUT2D eigenvalue weighted by atomic mass is 9.90. The number of piperidine rings is 1. The molecular formula is C25H23F6N5O2. The van der Waals surface area contributed by atoms with Gasteiger partial charge in [0.25, 0.3) is 0 Å². The van der Waals surface area contributed by atoms with E-state index in [0.29, 0.717) is 30.3 Å². The molecule has 0 radical (unpaired) electrons. The Morgan fingerprint density at radius 2 is 1.66 bits per heavy atom. The Balaban J connectivity index is 1.42. The number of pyridine rings is 2. The van der Waals surface area contributed by atoms with Crippen LogP contribution in [0.3, 0.4) is 0 Å². The Labute approximate surface area is 213 Å². The van der Waals surface area contributed by atoms with Crippen LogP contribution in [-0.4, -0.2) is 55.6 Å². The molecular weight excluding hydrogens is 516 g/mol. The minimum atomic E-state index is -4.89. The Bertz CT molecular complexity index is 1340. The van der Waals surface area contributed by atoms with Gasteiger partial charge in [0.15, 0.2) is 11.6 Å². The number of carbonyl (C=O) groups is 2. The smallest absolute Gasteiger partial charge is 0.335 e. The molecule has 0 N–H and O–H groups in total. The van der Waals surface area contributed by atoms with E-state index in [1.54, 1.807) is 19.2 Å². The van der Waals surface area contributed by atoms with Gasteiger partial charge < -0.3 is 4.90 Å². The number of likely N-dealkylation sites (tertiary alicyclic amines) is 1. The first-order chi connectivity index (χ1) is 17.8. The van der Waals surface area contributed by atoms with Crippen molar-refractivity contribution in [3.8, 4) is 5.82 Å². The van der Waals surface area contributed by atoms with Crippen molar-refractivity contribution in [3.63, 3.8) is 0 Å². The number of carbonyl (C=O) groups excluding carboxylic acids is 2. The molecule has 0 aromatic carbocycles. The number of rotatable bonds is 5. The SMILES string of the molecule is Cc1cc(CC(=O)c2cnn(-c3ccc(C(F)(F)F)cn3)c2C)cnc1C1CCN(C(=O)C(F)(F)F)CC1. The second kappa shape index (κ2) is 10.2. The number of Topliss-reactive ketones (excluding diaryl/α,β-unsaturated/α-hetero) is 1. The standard InChI is InChI=1S/C25H23F6N5O2/c1-14-9-16(11-33-22(14)17-5-7-35(8-6-17)23(38)25(29,30)31)10-20(37)19-13-34-36(15(19)2)21-4-3-18(12-32-21)24(26,27)28/h3-4,9,11-13,17H,5-8,10H2,1-2H3. The van der Waals surface area contributed by atoms with Crippen molar-refractivity contribution < 1.29 is 35.9 Å². The van der Waals surface area contributed by atoms with Gasteiger partial charge in [0.1, 0.15) is 0 Å². The Morgan fingerprint density at radius 3 is 2.21 bits per heavy atom. The number of alkyl halides is 6. The monoisotopic (exact) mass is 539 g/mol. The maximum atomic E-state index is 13.0. The topological polar surface area (TPSA) is 81.0 Å². The van der Waals surface area contributed by atoms with E-state index in [1.165, 1.54) is 16.9 Å². The summed E-state index contributed by atoms with van der Waals surface area (Å²) >= 11 is 0. The predicted molar refractivity (Wildman–Crippen MR) is 123 cm³/mol. The van der Waals surface area contributed by atoms with Gasteiger partial charge in [-0.05, 0) is 49.9 Å². The number of nitrogens with zero attached hydrogens (tertiary/aromatic N) is 5. The molecule has 3 aromatic heterocycles. The molecule has 0 atom stereocenters. The van der Waals surface area contributed by atoms with Crippen LogP contribution in [0.15, 0.2) is 36.8 Å². The zero-order valence-corrected chi connectivity index (χ0v) is 20.4. The van der Waals surface area contributed by atoms with E-state index < -0.39 is 23.8 Å². The molecule has 7 nitrogen and oxygen atoms in total. The fourth-order valence-electron chi connectivity index (χ4n) is 4.58. The van der Waals surface area contributed by atoms with Gasteiger partial charge in [-0.3, -0.25) is 14.6 Å². The third-order valence-electron chi connectivity index (χ3n) is 6.55. The van der Waals surface area contributed by atoms with Gasteiger partial charge >= 0.3 is 18.3 Å². The van der Waals surface area contributed by atoms with E-state index in [1.807, 2.05) is 6.92 Å². The lowest BCUT2D eigenvalue weighted by molar-refractivity contribution is -0.186. The Kier molecular flexibility index (Phi) is 7.31. The number of amides is 1. The zero-order chi connectivity index (χ0) is 27.8. The number of halogens is 6. The molecule has 1 aliphatic rings. The van der Waals surface area contributed by atoms with Gasteiger partial charge in [-0.1, -0.05) is 6.07 Å². The number of hydrogen-bond acceptors (Lipinski definition) is 5. The molecule has 13 heteroatoms. The molecule has 202 valence electrons. The molecule has 0 unspecified atom stereocenters. The second-order valence-corrected chi connectivity index (χ2v) is 9.17. The van der Waals surface area contributed by atoms with Crippen molar-refractivity contribution in [1.29, 1.82) is 0 Å². The predicted octanol–water partition coefficient (Wildman–Crippen LogP) is 4.99. The maximum Gasteiger partial charge on any atom is 0.471 e. The van der Waals surface area contributed by atoms with E-state index in [9.17, 15) is 35.9 Å². The summed E-state index contributed by atoms with van der Waals surface area (Å²) in [6.07, 6.45) is -5.12. The van der Waals surface area contributed by atoms with Crippen molar-refractivity contribution in [2.75, 3.05) is 13.1 Å². The lowest BCUT2D eigenvalue weighted by Gasteiger charge is -2.32. The van der Waals surface area contributed by atoms with Crippen LogP contribution in [0.25, 0.3) is 5.82 Å². The molecule has 38 heavy (non-hydrogen) atoms. The van der Waals surface area contributed by atoms with E-state index in [0.717, 1.165) is 22.2 Å². The maximum absolute atomic E-state index is 13.0. The van der Waals surface area contributed by atoms with Gasteiger partial charge in [-0.25, -0.2) is 9.67 Å².